The Hall–Kier alpha value is -3.46. The third-order valence-corrected chi connectivity index (χ3v) is 4.69. The van der Waals surface area contributed by atoms with Crippen LogP contribution in [0.1, 0.15) is 36.0 Å². The molecule has 7 nitrogen and oxygen atoms in total. The third kappa shape index (κ3) is 7.07. The molecule has 0 bridgehead atoms. The number of hydrogen-bond donors (Lipinski definition) is 2. The van der Waals surface area contributed by atoms with Crippen molar-refractivity contribution in [2.45, 2.75) is 32.9 Å². The summed E-state index contributed by atoms with van der Waals surface area (Å²) >= 11 is 1.35. The lowest BCUT2D eigenvalue weighted by Gasteiger charge is -2.19. The number of amides is 2. The third-order valence-electron chi connectivity index (χ3n) is 3.73. The molecule has 1 aromatic carbocycles. The van der Waals surface area contributed by atoms with Gasteiger partial charge in [-0.2, -0.15) is 0 Å². The van der Waals surface area contributed by atoms with Crippen molar-refractivity contribution < 1.29 is 23.5 Å². The van der Waals surface area contributed by atoms with Crippen molar-refractivity contribution in [2.24, 2.45) is 0 Å². The molecule has 0 aliphatic heterocycles. The summed E-state index contributed by atoms with van der Waals surface area (Å²) in [4.78, 5) is 29.0. The van der Waals surface area contributed by atoms with E-state index in [1.807, 2.05) is 6.07 Å². The minimum atomic E-state index is -0.619. The number of halogens is 1. The molecule has 0 unspecified atom stereocenters. The van der Waals surface area contributed by atoms with Gasteiger partial charge in [-0.1, -0.05) is 6.07 Å². The van der Waals surface area contributed by atoms with Gasteiger partial charge in [0.05, 0.1) is 12.1 Å². The van der Waals surface area contributed by atoms with E-state index < -0.39 is 11.7 Å². The molecule has 162 valence electrons. The van der Waals surface area contributed by atoms with E-state index in [4.69, 9.17) is 9.47 Å². The lowest BCUT2D eigenvalue weighted by atomic mass is 10.2. The van der Waals surface area contributed by atoms with Crippen LogP contribution in [0.3, 0.4) is 0 Å². The first-order chi connectivity index (χ1) is 14.7. The Morgan fingerprint density at radius 3 is 2.61 bits per heavy atom. The second kappa shape index (κ2) is 9.57. The summed E-state index contributed by atoms with van der Waals surface area (Å²) in [6.07, 6.45) is 0.751. The number of pyridine rings is 1. The monoisotopic (exact) mass is 443 g/mol. The molecular weight excluding hydrogens is 421 g/mol. The van der Waals surface area contributed by atoms with Crippen molar-refractivity contribution in [3.8, 4) is 10.8 Å². The molecule has 9 heteroatoms. The molecule has 0 atom stereocenters. The number of aromatic nitrogens is 1. The zero-order chi connectivity index (χ0) is 22.4. The van der Waals surface area contributed by atoms with Gasteiger partial charge >= 0.3 is 6.09 Å². The second-order valence-corrected chi connectivity index (χ2v) is 8.65. The largest absolute Gasteiger partial charge is 0.447 e. The van der Waals surface area contributed by atoms with Crippen LogP contribution >= 0.6 is 11.3 Å². The molecule has 0 radical (unpaired) electrons. The predicted molar refractivity (Wildman–Crippen MR) is 116 cm³/mol. The first-order valence-corrected chi connectivity index (χ1v) is 10.3. The van der Waals surface area contributed by atoms with Crippen LogP contribution in [0.4, 0.5) is 15.0 Å². The zero-order valence-electron chi connectivity index (χ0n) is 17.3. The molecule has 0 saturated heterocycles. The van der Waals surface area contributed by atoms with E-state index in [9.17, 15) is 14.0 Å². The van der Waals surface area contributed by atoms with E-state index in [2.05, 4.69) is 15.6 Å². The molecule has 3 aromatic rings. The number of rotatable bonds is 6. The van der Waals surface area contributed by atoms with Gasteiger partial charge in [-0.25, -0.2) is 14.2 Å². The first-order valence-electron chi connectivity index (χ1n) is 9.44. The fourth-order valence-electron chi connectivity index (χ4n) is 2.43. The van der Waals surface area contributed by atoms with E-state index >= 15 is 0 Å². The Balaban J connectivity index is 1.50. The number of anilines is 1. The fraction of sp³-hybridized carbons (Fsp3) is 0.227. The number of benzene rings is 1. The Kier molecular flexibility index (Phi) is 6.86. The average Bonchev–Trinajstić information content (AvgIpc) is 3.12. The standard InChI is InChI=1S/C22H22FN3O4S/c1-22(2,3)30-21(28)26-18-9-7-14(12-24-18)20(27)25-13-17-8-10-19(31-17)29-16-6-4-5-15(23)11-16/h4-12H,13H2,1-3H3,(H,25,27)(H,24,26,28). The molecule has 0 spiro atoms. The molecule has 0 saturated carbocycles. The van der Waals surface area contributed by atoms with Crippen LogP contribution in [0, 0.1) is 5.82 Å². The smallest absolute Gasteiger partial charge is 0.413 e. The maximum absolute atomic E-state index is 13.2. The molecule has 0 fully saturated rings. The van der Waals surface area contributed by atoms with Crippen molar-refractivity contribution in [2.75, 3.05) is 5.32 Å². The lowest BCUT2D eigenvalue weighted by molar-refractivity contribution is 0.0635. The molecule has 0 aliphatic rings. The Labute approximate surface area is 183 Å². The lowest BCUT2D eigenvalue weighted by Crippen LogP contribution is -2.27. The highest BCUT2D eigenvalue weighted by atomic mass is 32.1. The highest BCUT2D eigenvalue weighted by Crippen LogP contribution is 2.29. The van der Waals surface area contributed by atoms with Gasteiger partial charge in [0.25, 0.3) is 5.91 Å². The number of ether oxygens (including phenoxy) is 2. The molecule has 2 heterocycles. The van der Waals surface area contributed by atoms with Gasteiger partial charge in [-0.3, -0.25) is 10.1 Å². The zero-order valence-corrected chi connectivity index (χ0v) is 18.1. The summed E-state index contributed by atoms with van der Waals surface area (Å²) in [6, 6.07) is 12.5. The molecule has 0 aliphatic carbocycles. The fourth-order valence-corrected chi connectivity index (χ4v) is 3.25. The predicted octanol–water partition coefficient (Wildman–Crippen LogP) is 5.35. The Morgan fingerprint density at radius 1 is 1.13 bits per heavy atom. The number of hydrogen-bond acceptors (Lipinski definition) is 6. The van der Waals surface area contributed by atoms with Crippen LogP contribution in [0.25, 0.3) is 0 Å². The second-order valence-electron chi connectivity index (χ2n) is 7.52. The minimum Gasteiger partial charge on any atom is -0.447 e. The van der Waals surface area contributed by atoms with Crippen LogP contribution in [0.15, 0.2) is 54.7 Å². The van der Waals surface area contributed by atoms with Gasteiger partial charge in [0.1, 0.15) is 23.0 Å². The SMILES string of the molecule is CC(C)(C)OC(=O)Nc1ccc(C(=O)NCc2ccc(Oc3cccc(F)c3)s2)cn1. The maximum atomic E-state index is 13.2. The van der Waals surface area contributed by atoms with Crippen molar-refractivity contribution in [3.63, 3.8) is 0 Å². The van der Waals surface area contributed by atoms with Gasteiger partial charge in [0.15, 0.2) is 5.06 Å². The summed E-state index contributed by atoms with van der Waals surface area (Å²) in [5, 5.41) is 5.90. The molecule has 2 N–H and O–H groups in total. The van der Waals surface area contributed by atoms with Crippen molar-refractivity contribution in [3.05, 3.63) is 71.0 Å². The summed E-state index contributed by atoms with van der Waals surface area (Å²) in [6.45, 7) is 5.58. The van der Waals surface area contributed by atoms with Gasteiger partial charge in [-0.05, 0) is 57.2 Å². The van der Waals surface area contributed by atoms with E-state index in [1.54, 1.807) is 45.0 Å². The van der Waals surface area contributed by atoms with Crippen molar-refractivity contribution in [1.29, 1.82) is 0 Å². The van der Waals surface area contributed by atoms with Crippen LogP contribution in [-0.2, 0) is 11.3 Å². The van der Waals surface area contributed by atoms with Crippen LogP contribution in [-0.4, -0.2) is 22.6 Å². The van der Waals surface area contributed by atoms with Gasteiger partial charge in [-0.15, -0.1) is 11.3 Å². The van der Waals surface area contributed by atoms with Crippen LogP contribution < -0.4 is 15.4 Å². The minimum absolute atomic E-state index is 0.281. The number of thiophene rings is 1. The van der Waals surface area contributed by atoms with E-state index in [-0.39, 0.29) is 17.5 Å². The number of carbonyl (C=O) groups excluding carboxylic acids is 2. The number of carbonyl (C=O) groups is 2. The van der Waals surface area contributed by atoms with Gasteiger partial charge in [0, 0.05) is 17.1 Å². The summed E-state index contributed by atoms with van der Waals surface area (Å²) in [5.74, 6) is 0.00608. The summed E-state index contributed by atoms with van der Waals surface area (Å²) in [7, 11) is 0. The van der Waals surface area contributed by atoms with Crippen LogP contribution in [0.2, 0.25) is 0 Å². The molecule has 2 amide bonds. The Morgan fingerprint density at radius 2 is 1.94 bits per heavy atom. The number of nitrogens with one attached hydrogen (secondary N) is 2. The highest BCUT2D eigenvalue weighted by Gasteiger charge is 2.16. The number of nitrogens with zero attached hydrogens (tertiary/aromatic N) is 1. The normalized spacial score (nSPS) is 11.0. The topological polar surface area (TPSA) is 89.5 Å². The van der Waals surface area contributed by atoms with Crippen LogP contribution in [0.5, 0.6) is 10.8 Å². The highest BCUT2D eigenvalue weighted by molar-refractivity contribution is 7.13. The van der Waals surface area contributed by atoms with E-state index in [0.29, 0.717) is 22.9 Å². The van der Waals surface area contributed by atoms with Gasteiger partial charge < -0.3 is 14.8 Å². The average molecular weight is 444 g/mol. The summed E-state index contributed by atoms with van der Waals surface area (Å²) in [5.41, 5.74) is -0.268. The van der Waals surface area contributed by atoms with Crippen molar-refractivity contribution >= 4 is 29.2 Å². The van der Waals surface area contributed by atoms with Crippen molar-refractivity contribution in [1.82, 2.24) is 10.3 Å². The quantitative estimate of drug-likeness (QED) is 0.536. The van der Waals surface area contributed by atoms with Gasteiger partial charge in [0.2, 0.25) is 0 Å². The molecular formula is C22H22FN3O4S. The molecule has 2 aromatic heterocycles. The van der Waals surface area contributed by atoms with E-state index in [0.717, 1.165) is 4.88 Å². The molecule has 31 heavy (non-hydrogen) atoms. The Bertz CT molecular complexity index is 1060. The molecule has 3 rings (SSSR count). The summed E-state index contributed by atoms with van der Waals surface area (Å²) < 4.78 is 24.0. The first kappa shape index (κ1) is 22.2. The maximum Gasteiger partial charge on any atom is 0.413 e. The van der Waals surface area contributed by atoms with E-state index in [1.165, 1.54) is 35.7 Å².